The van der Waals surface area contributed by atoms with E-state index in [4.69, 9.17) is 4.74 Å². The van der Waals surface area contributed by atoms with Gasteiger partial charge in [-0.1, -0.05) is 6.42 Å². The third kappa shape index (κ3) is 2.69. The molecular weight excluding hydrogens is 192 g/mol. The lowest BCUT2D eigenvalue weighted by molar-refractivity contribution is -0.136. The number of carbonyl (C=O) groups excluding carboxylic acids is 1. The lowest BCUT2D eigenvalue weighted by Gasteiger charge is -2.33. The van der Waals surface area contributed by atoms with Crippen LogP contribution in [0.25, 0.3) is 0 Å². The van der Waals surface area contributed by atoms with Crippen LogP contribution >= 0.6 is 0 Å². The van der Waals surface area contributed by atoms with E-state index >= 15 is 0 Å². The van der Waals surface area contributed by atoms with E-state index in [1.807, 2.05) is 11.9 Å². The molecule has 1 N–H and O–H groups in total. The molecule has 1 amide bonds. The fourth-order valence-electron chi connectivity index (χ4n) is 2.14. The second-order valence-corrected chi connectivity index (χ2v) is 4.60. The van der Waals surface area contributed by atoms with Crippen LogP contribution in [0.15, 0.2) is 0 Å². The van der Waals surface area contributed by atoms with Crippen molar-refractivity contribution in [2.24, 2.45) is 5.92 Å². The van der Waals surface area contributed by atoms with Crippen molar-refractivity contribution < 1.29 is 9.53 Å². The van der Waals surface area contributed by atoms with Crippen LogP contribution in [0.4, 0.5) is 0 Å². The van der Waals surface area contributed by atoms with Gasteiger partial charge in [-0.2, -0.15) is 0 Å². The number of carbonyl (C=O) groups is 1. The molecular formula is C11H20N2O2. The normalized spacial score (nSPS) is 27.1. The number of hydrogen-bond acceptors (Lipinski definition) is 3. The zero-order valence-electron chi connectivity index (χ0n) is 9.37. The molecule has 2 rings (SSSR count). The van der Waals surface area contributed by atoms with E-state index in [-0.39, 0.29) is 11.9 Å². The summed E-state index contributed by atoms with van der Waals surface area (Å²) in [6.45, 7) is 2.94. The highest BCUT2D eigenvalue weighted by atomic mass is 16.5. The predicted molar refractivity (Wildman–Crippen MR) is 57.6 cm³/mol. The van der Waals surface area contributed by atoms with E-state index in [9.17, 15) is 4.79 Å². The van der Waals surface area contributed by atoms with Crippen LogP contribution in [-0.4, -0.2) is 50.2 Å². The molecule has 0 radical (unpaired) electrons. The van der Waals surface area contributed by atoms with Crippen molar-refractivity contribution in [1.82, 2.24) is 10.2 Å². The zero-order chi connectivity index (χ0) is 10.7. The molecule has 0 aromatic carbocycles. The van der Waals surface area contributed by atoms with Crippen molar-refractivity contribution in [2.45, 2.75) is 25.3 Å². The molecule has 4 nitrogen and oxygen atoms in total. The standard InChI is InChI=1S/C11H20N2O2/c1-13(7-9-3-2-4-9)11(14)10-8-15-6-5-12-10/h9-10,12H,2-8H2,1H3. The van der Waals surface area contributed by atoms with E-state index in [1.165, 1.54) is 19.3 Å². The molecule has 1 saturated carbocycles. The number of ether oxygens (including phenoxy) is 1. The summed E-state index contributed by atoms with van der Waals surface area (Å²) in [4.78, 5) is 13.8. The van der Waals surface area contributed by atoms with Gasteiger partial charge in [0.15, 0.2) is 0 Å². The van der Waals surface area contributed by atoms with Gasteiger partial charge in [-0.25, -0.2) is 0 Å². The molecule has 1 aliphatic carbocycles. The molecule has 15 heavy (non-hydrogen) atoms. The third-order valence-electron chi connectivity index (χ3n) is 3.35. The highest BCUT2D eigenvalue weighted by molar-refractivity contribution is 5.81. The average Bonchev–Trinajstić information content (AvgIpc) is 2.23. The fourth-order valence-corrected chi connectivity index (χ4v) is 2.14. The van der Waals surface area contributed by atoms with Crippen LogP contribution < -0.4 is 5.32 Å². The smallest absolute Gasteiger partial charge is 0.241 e. The van der Waals surface area contributed by atoms with E-state index in [0.29, 0.717) is 6.61 Å². The number of likely N-dealkylation sites (N-methyl/N-ethyl adjacent to an activating group) is 1. The van der Waals surface area contributed by atoms with Gasteiger partial charge in [-0.3, -0.25) is 4.79 Å². The van der Waals surface area contributed by atoms with Gasteiger partial charge in [0.05, 0.1) is 13.2 Å². The van der Waals surface area contributed by atoms with Gasteiger partial charge in [0.25, 0.3) is 0 Å². The quantitative estimate of drug-likeness (QED) is 0.728. The molecule has 1 heterocycles. The summed E-state index contributed by atoms with van der Waals surface area (Å²) in [6, 6.07) is -0.121. The second kappa shape index (κ2) is 4.94. The Balaban J connectivity index is 1.77. The maximum absolute atomic E-state index is 12.0. The molecule has 0 aromatic rings. The van der Waals surface area contributed by atoms with E-state index in [2.05, 4.69) is 5.32 Å². The number of nitrogens with one attached hydrogen (secondary N) is 1. The molecule has 4 heteroatoms. The molecule has 2 aliphatic rings. The summed E-state index contributed by atoms with van der Waals surface area (Å²) in [5, 5.41) is 3.19. The molecule has 2 fully saturated rings. The number of nitrogens with zero attached hydrogens (tertiary/aromatic N) is 1. The Morgan fingerprint density at radius 2 is 2.33 bits per heavy atom. The Morgan fingerprint density at radius 1 is 1.53 bits per heavy atom. The Labute approximate surface area is 91.0 Å². The Bertz CT molecular complexity index is 223. The van der Waals surface area contributed by atoms with Crippen LogP contribution in [0.5, 0.6) is 0 Å². The van der Waals surface area contributed by atoms with E-state index in [0.717, 1.165) is 25.6 Å². The first kappa shape index (κ1) is 10.9. The van der Waals surface area contributed by atoms with Gasteiger partial charge >= 0.3 is 0 Å². The molecule has 1 aliphatic heterocycles. The minimum absolute atomic E-state index is 0.121. The Hall–Kier alpha value is -0.610. The van der Waals surface area contributed by atoms with E-state index < -0.39 is 0 Å². The maximum atomic E-state index is 12.0. The highest BCUT2D eigenvalue weighted by Crippen LogP contribution is 2.26. The highest BCUT2D eigenvalue weighted by Gasteiger charge is 2.27. The minimum Gasteiger partial charge on any atom is -0.378 e. The summed E-state index contributed by atoms with van der Waals surface area (Å²) in [5.74, 6) is 0.921. The van der Waals surface area contributed by atoms with Crippen LogP contribution in [-0.2, 0) is 9.53 Å². The van der Waals surface area contributed by atoms with Crippen molar-refractivity contribution in [1.29, 1.82) is 0 Å². The van der Waals surface area contributed by atoms with Crippen molar-refractivity contribution in [3.05, 3.63) is 0 Å². The molecule has 0 spiro atoms. The first-order chi connectivity index (χ1) is 7.27. The molecule has 1 saturated heterocycles. The van der Waals surface area contributed by atoms with E-state index in [1.54, 1.807) is 0 Å². The second-order valence-electron chi connectivity index (χ2n) is 4.60. The predicted octanol–water partition coefficient (Wildman–Crippen LogP) is 0.233. The van der Waals surface area contributed by atoms with Crippen molar-refractivity contribution in [3.8, 4) is 0 Å². The first-order valence-corrected chi connectivity index (χ1v) is 5.83. The Kier molecular flexibility index (Phi) is 3.59. The SMILES string of the molecule is CN(CC1CCC1)C(=O)C1COCCN1. The van der Waals surface area contributed by atoms with Crippen LogP contribution in [0.3, 0.4) is 0 Å². The first-order valence-electron chi connectivity index (χ1n) is 5.83. The number of hydrogen-bond donors (Lipinski definition) is 1. The van der Waals surface area contributed by atoms with Gasteiger partial charge in [-0.05, 0) is 18.8 Å². The van der Waals surface area contributed by atoms with Crippen LogP contribution in [0.2, 0.25) is 0 Å². The minimum atomic E-state index is -0.121. The zero-order valence-corrected chi connectivity index (χ0v) is 9.37. The number of morpholine rings is 1. The maximum Gasteiger partial charge on any atom is 0.241 e. The Morgan fingerprint density at radius 3 is 2.87 bits per heavy atom. The fraction of sp³-hybridized carbons (Fsp3) is 0.909. The van der Waals surface area contributed by atoms with Gasteiger partial charge in [0, 0.05) is 20.1 Å². The molecule has 0 bridgehead atoms. The molecule has 1 atom stereocenters. The van der Waals surface area contributed by atoms with Gasteiger partial charge in [-0.15, -0.1) is 0 Å². The van der Waals surface area contributed by atoms with Crippen molar-refractivity contribution in [2.75, 3.05) is 33.4 Å². The molecule has 86 valence electrons. The monoisotopic (exact) mass is 212 g/mol. The summed E-state index contributed by atoms with van der Waals surface area (Å²) in [6.07, 6.45) is 3.90. The lowest BCUT2D eigenvalue weighted by Crippen LogP contribution is -2.52. The van der Waals surface area contributed by atoms with Crippen LogP contribution in [0.1, 0.15) is 19.3 Å². The lowest BCUT2D eigenvalue weighted by atomic mass is 9.85. The topological polar surface area (TPSA) is 41.6 Å². The number of amides is 1. The van der Waals surface area contributed by atoms with Gasteiger partial charge in [0.1, 0.15) is 6.04 Å². The summed E-state index contributed by atoms with van der Waals surface area (Å²) < 4.78 is 5.29. The van der Waals surface area contributed by atoms with Gasteiger partial charge < -0.3 is 15.0 Å². The third-order valence-corrected chi connectivity index (χ3v) is 3.35. The molecule has 0 aromatic heterocycles. The number of rotatable bonds is 3. The van der Waals surface area contributed by atoms with Crippen molar-refractivity contribution in [3.63, 3.8) is 0 Å². The molecule has 1 unspecified atom stereocenters. The van der Waals surface area contributed by atoms with Crippen molar-refractivity contribution >= 4 is 5.91 Å². The summed E-state index contributed by atoms with van der Waals surface area (Å²) in [5.41, 5.74) is 0. The summed E-state index contributed by atoms with van der Waals surface area (Å²) >= 11 is 0. The average molecular weight is 212 g/mol. The summed E-state index contributed by atoms with van der Waals surface area (Å²) in [7, 11) is 1.90. The van der Waals surface area contributed by atoms with Gasteiger partial charge in [0.2, 0.25) is 5.91 Å². The van der Waals surface area contributed by atoms with Crippen LogP contribution in [0, 0.1) is 5.92 Å². The largest absolute Gasteiger partial charge is 0.378 e.